The molecule has 1 heterocycles. The fourth-order valence-electron chi connectivity index (χ4n) is 2.55. The second-order valence-corrected chi connectivity index (χ2v) is 5.80. The van der Waals surface area contributed by atoms with Crippen molar-refractivity contribution in [2.24, 2.45) is 0 Å². The highest BCUT2D eigenvalue weighted by Crippen LogP contribution is 2.30. The van der Waals surface area contributed by atoms with Gasteiger partial charge in [-0.15, -0.1) is 6.58 Å². The average molecular weight is 278 g/mol. The molecule has 5 radical (unpaired) electrons. The summed E-state index contributed by atoms with van der Waals surface area (Å²) in [5.41, 5.74) is 3.71. The van der Waals surface area contributed by atoms with Crippen LogP contribution in [-0.2, 0) is 10.5 Å². The maximum absolute atomic E-state index is 5.21. The molecule has 0 unspecified atom stereocenters. The summed E-state index contributed by atoms with van der Waals surface area (Å²) in [5, 5.41) is 2.53. The van der Waals surface area contributed by atoms with Crippen molar-refractivity contribution in [3.63, 3.8) is 0 Å². The Kier molecular flexibility index (Phi) is 3.37. The first kappa shape index (κ1) is 12.4. The summed E-state index contributed by atoms with van der Waals surface area (Å²) in [4.78, 5) is 0. The number of hydrogen-bond acceptors (Lipinski definition) is 1. The Bertz CT molecular complexity index is 748. The van der Waals surface area contributed by atoms with Crippen LogP contribution in [0, 0.1) is 0 Å². The number of hydrogen-bond donors (Lipinski definition) is 0. The zero-order valence-electron chi connectivity index (χ0n) is 10.4. The van der Waals surface area contributed by atoms with Crippen LogP contribution < -0.4 is 0 Å². The van der Waals surface area contributed by atoms with Crippen molar-refractivity contribution in [3.8, 4) is 0 Å². The molecule has 2 aromatic carbocycles. The van der Waals surface area contributed by atoms with Crippen LogP contribution in [0.25, 0.3) is 21.8 Å². The van der Waals surface area contributed by atoms with E-state index in [1.54, 1.807) is 0 Å². The molecule has 91 valence electrons. The Balaban J connectivity index is 2.45. The maximum atomic E-state index is 5.21. The predicted octanol–water partition coefficient (Wildman–Crippen LogP) is 3.01. The first-order chi connectivity index (χ1) is 9.36. The molecule has 0 aliphatic carbocycles. The van der Waals surface area contributed by atoms with Crippen LogP contribution in [-0.4, -0.2) is 24.6 Å². The van der Waals surface area contributed by atoms with Gasteiger partial charge in [0.05, 0.1) is 0 Å². The third-order valence-corrected chi connectivity index (χ3v) is 4.29. The minimum atomic E-state index is 0.216. The quantitative estimate of drug-likeness (QED) is 0.528. The zero-order chi connectivity index (χ0) is 13.2. The van der Waals surface area contributed by atoms with Crippen molar-refractivity contribution in [2.75, 3.05) is 0 Å². The summed E-state index contributed by atoms with van der Waals surface area (Å²) < 4.78 is 7.42. The van der Waals surface area contributed by atoms with E-state index in [-0.39, 0.29) is 9.92 Å². The van der Waals surface area contributed by atoms with Gasteiger partial charge in [0.1, 0.15) is 0 Å². The van der Waals surface area contributed by atoms with Gasteiger partial charge < -0.3 is 8.35 Å². The summed E-state index contributed by atoms with van der Waals surface area (Å²) in [6.07, 6.45) is 2.80. The molecule has 0 saturated heterocycles. The van der Waals surface area contributed by atoms with Crippen molar-refractivity contribution >= 4 is 42.2 Å². The monoisotopic (exact) mass is 278 g/mol. The standard InChI is InChI=1S/C15H12NOSi2/c1-2-6-11-7-5-9-13-12-8-3-4-10-14(12)16(15(11)13)19-17-18/h2-5,7-10H,1,6H2. The van der Waals surface area contributed by atoms with Crippen LogP contribution in [0.3, 0.4) is 0 Å². The molecule has 0 aliphatic rings. The summed E-state index contributed by atoms with van der Waals surface area (Å²) in [5.74, 6) is 0. The van der Waals surface area contributed by atoms with Gasteiger partial charge in [-0.1, -0.05) is 42.5 Å². The summed E-state index contributed by atoms with van der Waals surface area (Å²) in [6.45, 7) is 3.84. The lowest BCUT2D eigenvalue weighted by atomic mass is 10.1. The van der Waals surface area contributed by atoms with Gasteiger partial charge in [0.25, 0.3) is 0 Å². The van der Waals surface area contributed by atoms with Crippen molar-refractivity contribution in [1.29, 1.82) is 0 Å². The van der Waals surface area contributed by atoms with Crippen molar-refractivity contribution in [1.82, 2.24) is 4.23 Å². The van der Waals surface area contributed by atoms with Crippen molar-refractivity contribution in [3.05, 3.63) is 60.7 Å². The topological polar surface area (TPSA) is 14.2 Å². The second-order valence-electron chi connectivity index (χ2n) is 4.35. The van der Waals surface area contributed by atoms with Gasteiger partial charge in [-0.05, 0) is 18.1 Å². The minimum absolute atomic E-state index is 0.216. The normalized spacial score (nSPS) is 11.2. The first-order valence-corrected chi connectivity index (χ1v) is 7.33. The minimum Gasteiger partial charge on any atom is -0.440 e. The van der Waals surface area contributed by atoms with Gasteiger partial charge >= 0.3 is 9.92 Å². The molecule has 0 N–H and O–H groups in total. The largest absolute Gasteiger partial charge is 0.440 e. The molecule has 0 amide bonds. The predicted molar refractivity (Wildman–Crippen MR) is 81.3 cm³/mol. The van der Waals surface area contributed by atoms with Gasteiger partial charge in [0, 0.05) is 21.8 Å². The van der Waals surface area contributed by atoms with Gasteiger partial charge in [-0.3, -0.25) is 0 Å². The smallest absolute Gasteiger partial charge is 0.375 e. The van der Waals surface area contributed by atoms with E-state index in [0.29, 0.717) is 0 Å². The van der Waals surface area contributed by atoms with Crippen LogP contribution in [0.2, 0.25) is 0 Å². The summed E-state index contributed by atoms with van der Waals surface area (Å²) in [6, 6.07) is 14.8. The Morgan fingerprint density at radius 1 is 1.16 bits per heavy atom. The maximum Gasteiger partial charge on any atom is 0.375 e. The molecule has 0 bridgehead atoms. The number of aromatic nitrogens is 1. The summed E-state index contributed by atoms with van der Waals surface area (Å²) in [7, 11) is 3.34. The Labute approximate surface area is 118 Å². The number of nitrogens with zero attached hydrogens (tertiary/aromatic N) is 1. The van der Waals surface area contributed by atoms with Gasteiger partial charge in [0.15, 0.2) is 0 Å². The van der Waals surface area contributed by atoms with Gasteiger partial charge in [-0.25, -0.2) is 0 Å². The number of para-hydroxylation sites is 2. The highest BCUT2D eigenvalue weighted by molar-refractivity contribution is 6.38. The van der Waals surface area contributed by atoms with E-state index in [2.05, 4.69) is 63.8 Å². The first-order valence-electron chi connectivity index (χ1n) is 6.07. The molecule has 2 nitrogen and oxygen atoms in total. The van der Waals surface area contributed by atoms with Crippen molar-refractivity contribution < 1.29 is 4.12 Å². The molecule has 0 saturated carbocycles. The fourth-order valence-corrected chi connectivity index (χ4v) is 3.56. The molecule has 1 aromatic heterocycles. The van der Waals surface area contributed by atoms with Crippen LogP contribution in [0.15, 0.2) is 55.1 Å². The molecule has 4 heteroatoms. The molecule has 19 heavy (non-hydrogen) atoms. The van der Waals surface area contributed by atoms with E-state index >= 15 is 0 Å². The number of fused-ring (bicyclic) bond motifs is 3. The number of allylic oxidation sites excluding steroid dienone is 1. The van der Waals surface area contributed by atoms with E-state index in [9.17, 15) is 0 Å². The van der Waals surface area contributed by atoms with E-state index in [4.69, 9.17) is 4.12 Å². The van der Waals surface area contributed by atoms with Crippen LogP contribution in [0.4, 0.5) is 0 Å². The lowest BCUT2D eigenvalue weighted by molar-refractivity contribution is 0.652. The highest BCUT2D eigenvalue weighted by Gasteiger charge is 2.13. The van der Waals surface area contributed by atoms with Gasteiger partial charge in [-0.2, -0.15) is 0 Å². The van der Waals surface area contributed by atoms with Crippen LogP contribution >= 0.6 is 0 Å². The van der Waals surface area contributed by atoms with Gasteiger partial charge in [0.2, 0.25) is 10.5 Å². The van der Waals surface area contributed by atoms with E-state index in [1.807, 2.05) is 6.08 Å². The second kappa shape index (κ2) is 5.16. The summed E-state index contributed by atoms with van der Waals surface area (Å²) >= 11 is 0. The molecule has 3 aromatic rings. The van der Waals surface area contributed by atoms with E-state index in [0.717, 1.165) is 6.42 Å². The molecule has 0 spiro atoms. The molecule has 3 rings (SSSR count). The lowest BCUT2D eigenvalue weighted by Gasteiger charge is -2.07. The molecule has 0 aliphatic heterocycles. The van der Waals surface area contributed by atoms with Crippen LogP contribution in [0.5, 0.6) is 0 Å². The highest BCUT2D eigenvalue weighted by atomic mass is 28.3. The number of benzene rings is 2. The Morgan fingerprint density at radius 2 is 1.95 bits per heavy atom. The molecular weight excluding hydrogens is 266 g/mol. The SMILES string of the molecule is C=CCc1cccc2c3ccccc3n([Si]O[Si])c12. The Morgan fingerprint density at radius 3 is 2.74 bits per heavy atom. The van der Waals surface area contributed by atoms with Crippen LogP contribution in [0.1, 0.15) is 5.56 Å². The Hall–Kier alpha value is -1.63. The van der Waals surface area contributed by atoms with E-state index in [1.165, 1.54) is 27.4 Å². The number of rotatable bonds is 4. The molecular formula is C15H12NOSi2. The third kappa shape index (κ3) is 1.98. The zero-order valence-corrected chi connectivity index (χ0v) is 12.4. The third-order valence-electron chi connectivity index (χ3n) is 3.28. The van der Waals surface area contributed by atoms with Crippen molar-refractivity contribution in [2.45, 2.75) is 6.42 Å². The van der Waals surface area contributed by atoms with E-state index < -0.39 is 0 Å². The lowest BCUT2D eigenvalue weighted by Crippen LogP contribution is -2.09. The molecule has 0 atom stereocenters. The molecule has 0 fully saturated rings. The average Bonchev–Trinajstić information content (AvgIpc) is 2.76. The fraction of sp³-hybridized carbons (Fsp3) is 0.0667.